The molecule has 1 aromatic carbocycles. The third-order valence-corrected chi connectivity index (χ3v) is 8.02. The zero-order valence-electron chi connectivity index (χ0n) is 16.7. The molecule has 4 rings (SSSR count). The predicted molar refractivity (Wildman–Crippen MR) is 112 cm³/mol. The highest BCUT2D eigenvalue weighted by Crippen LogP contribution is 2.36. The maximum atomic E-state index is 12.9. The molecule has 2 aliphatic heterocycles. The molecule has 0 aromatic heterocycles. The number of nitrogens with zero attached hydrogens (tertiary/aromatic N) is 1. The molecule has 1 aliphatic carbocycles. The van der Waals surface area contributed by atoms with Gasteiger partial charge in [-0.15, -0.1) is 0 Å². The molecule has 2 heterocycles. The first-order chi connectivity index (χ1) is 14.3. The molecular weight excluding hydrogens is 430 g/mol. The van der Waals surface area contributed by atoms with Gasteiger partial charge in [0.25, 0.3) is 5.91 Å². The summed E-state index contributed by atoms with van der Waals surface area (Å²) in [5.74, 6) is 0.295. The second-order valence-corrected chi connectivity index (χ2v) is 10.3. The van der Waals surface area contributed by atoms with Gasteiger partial charge in [0, 0.05) is 31.1 Å². The Bertz CT molecular complexity index is 938. The number of benzene rings is 1. The SMILES string of the molecule is O=C1COc2cc(S(=O)(=O)NC3CCN(C(=O)C4CCCCC4)CC3)c(Cl)cc2N1. The predicted octanol–water partition coefficient (Wildman–Crippen LogP) is 2.52. The van der Waals surface area contributed by atoms with E-state index >= 15 is 0 Å². The maximum absolute atomic E-state index is 12.9. The van der Waals surface area contributed by atoms with Gasteiger partial charge in [-0.2, -0.15) is 0 Å². The van der Waals surface area contributed by atoms with Gasteiger partial charge in [0.15, 0.2) is 6.61 Å². The molecule has 30 heavy (non-hydrogen) atoms. The lowest BCUT2D eigenvalue weighted by molar-refractivity contribution is -0.137. The average molecular weight is 456 g/mol. The van der Waals surface area contributed by atoms with E-state index in [1.165, 1.54) is 18.6 Å². The van der Waals surface area contributed by atoms with Crippen molar-refractivity contribution in [2.75, 3.05) is 25.0 Å². The van der Waals surface area contributed by atoms with Crippen molar-refractivity contribution in [2.24, 2.45) is 5.92 Å². The molecule has 1 saturated carbocycles. The molecule has 0 radical (unpaired) electrons. The number of carbonyl (C=O) groups excluding carboxylic acids is 2. The van der Waals surface area contributed by atoms with Gasteiger partial charge in [0.2, 0.25) is 15.9 Å². The van der Waals surface area contributed by atoms with Crippen molar-refractivity contribution in [3.8, 4) is 5.75 Å². The van der Waals surface area contributed by atoms with Gasteiger partial charge in [-0.3, -0.25) is 9.59 Å². The molecular formula is C20H26ClN3O5S. The summed E-state index contributed by atoms with van der Waals surface area (Å²) < 4.78 is 33.9. The number of piperidine rings is 1. The first kappa shape index (κ1) is 21.4. The van der Waals surface area contributed by atoms with E-state index < -0.39 is 10.0 Å². The molecule has 164 valence electrons. The molecule has 0 unspecified atom stereocenters. The van der Waals surface area contributed by atoms with Crippen molar-refractivity contribution >= 4 is 39.1 Å². The normalized spacial score (nSPS) is 21.0. The topological polar surface area (TPSA) is 105 Å². The minimum atomic E-state index is -3.87. The lowest BCUT2D eigenvalue weighted by Crippen LogP contribution is -2.48. The van der Waals surface area contributed by atoms with Gasteiger partial charge < -0.3 is 15.0 Å². The van der Waals surface area contributed by atoms with Gasteiger partial charge in [-0.25, -0.2) is 13.1 Å². The molecule has 2 amide bonds. The summed E-state index contributed by atoms with van der Waals surface area (Å²) in [6, 6.07) is 2.45. The fraction of sp³-hybridized carbons (Fsp3) is 0.600. The van der Waals surface area contributed by atoms with Crippen molar-refractivity contribution in [2.45, 2.75) is 55.9 Å². The number of halogens is 1. The molecule has 1 saturated heterocycles. The van der Waals surface area contributed by atoms with Crippen LogP contribution in [0.4, 0.5) is 5.69 Å². The smallest absolute Gasteiger partial charge is 0.262 e. The van der Waals surface area contributed by atoms with E-state index in [1.807, 2.05) is 4.90 Å². The summed E-state index contributed by atoms with van der Waals surface area (Å²) in [5, 5.41) is 2.61. The van der Waals surface area contributed by atoms with E-state index in [1.54, 1.807) is 0 Å². The van der Waals surface area contributed by atoms with Crippen molar-refractivity contribution in [3.05, 3.63) is 17.2 Å². The van der Waals surface area contributed by atoms with E-state index in [0.717, 1.165) is 25.7 Å². The van der Waals surface area contributed by atoms with Crippen LogP contribution in [0.5, 0.6) is 5.75 Å². The Kier molecular flexibility index (Phi) is 6.22. The highest BCUT2D eigenvalue weighted by atomic mass is 35.5. The highest BCUT2D eigenvalue weighted by Gasteiger charge is 2.32. The number of nitrogens with one attached hydrogen (secondary N) is 2. The van der Waals surface area contributed by atoms with E-state index in [0.29, 0.717) is 31.6 Å². The standard InChI is InChI=1S/C20H26ClN3O5S/c21-15-10-16-17(29-12-19(25)22-16)11-18(15)30(27,28)23-14-6-8-24(9-7-14)20(26)13-4-2-1-3-5-13/h10-11,13-14,23H,1-9,12H2,(H,22,25). The second kappa shape index (κ2) is 8.72. The number of sulfonamides is 1. The monoisotopic (exact) mass is 455 g/mol. The Morgan fingerprint density at radius 1 is 1.13 bits per heavy atom. The number of fused-ring (bicyclic) bond motifs is 1. The quantitative estimate of drug-likeness (QED) is 0.725. The lowest BCUT2D eigenvalue weighted by Gasteiger charge is -2.35. The Hall–Kier alpha value is -1.84. The molecule has 2 N–H and O–H groups in total. The average Bonchev–Trinajstić information content (AvgIpc) is 2.73. The number of ether oxygens (including phenoxy) is 1. The Morgan fingerprint density at radius 3 is 2.53 bits per heavy atom. The van der Waals surface area contributed by atoms with E-state index in [-0.39, 0.29) is 46.0 Å². The van der Waals surface area contributed by atoms with Gasteiger partial charge in [0.1, 0.15) is 10.6 Å². The van der Waals surface area contributed by atoms with Crippen LogP contribution in [0.25, 0.3) is 0 Å². The van der Waals surface area contributed by atoms with Crippen molar-refractivity contribution in [1.29, 1.82) is 0 Å². The molecule has 8 nitrogen and oxygen atoms in total. The summed E-state index contributed by atoms with van der Waals surface area (Å²) >= 11 is 6.18. The number of likely N-dealkylation sites (tertiary alicyclic amines) is 1. The summed E-state index contributed by atoms with van der Waals surface area (Å²) in [4.78, 5) is 25.9. The van der Waals surface area contributed by atoms with E-state index in [9.17, 15) is 18.0 Å². The number of amides is 2. The van der Waals surface area contributed by atoms with Crippen molar-refractivity contribution < 1.29 is 22.7 Å². The first-order valence-corrected chi connectivity index (χ1v) is 12.3. The third kappa shape index (κ3) is 4.58. The van der Waals surface area contributed by atoms with Crippen LogP contribution in [0.2, 0.25) is 5.02 Å². The van der Waals surface area contributed by atoms with Crippen LogP contribution < -0.4 is 14.8 Å². The number of hydrogen-bond acceptors (Lipinski definition) is 5. The van der Waals surface area contributed by atoms with Gasteiger partial charge in [-0.1, -0.05) is 30.9 Å². The van der Waals surface area contributed by atoms with Crippen LogP contribution in [0.3, 0.4) is 0 Å². The largest absolute Gasteiger partial charge is 0.482 e. The third-order valence-electron chi connectivity index (χ3n) is 6.04. The molecule has 10 heteroatoms. The van der Waals surface area contributed by atoms with Crippen LogP contribution in [-0.2, 0) is 19.6 Å². The molecule has 2 fully saturated rings. The second-order valence-electron chi connectivity index (χ2n) is 8.17. The summed E-state index contributed by atoms with van der Waals surface area (Å²) in [7, 11) is -3.87. The summed E-state index contributed by atoms with van der Waals surface area (Å²) in [6.07, 6.45) is 6.48. The van der Waals surface area contributed by atoms with Crippen LogP contribution in [-0.4, -0.2) is 50.9 Å². The maximum Gasteiger partial charge on any atom is 0.262 e. The van der Waals surface area contributed by atoms with Gasteiger partial charge in [-0.05, 0) is 31.7 Å². The van der Waals surface area contributed by atoms with Crippen molar-refractivity contribution in [1.82, 2.24) is 9.62 Å². The zero-order valence-corrected chi connectivity index (χ0v) is 18.2. The van der Waals surface area contributed by atoms with Crippen LogP contribution in [0, 0.1) is 5.92 Å². The summed E-state index contributed by atoms with van der Waals surface area (Å²) in [6.45, 7) is 0.931. The Balaban J connectivity index is 1.39. The Labute approximate surface area is 181 Å². The highest BCUT2D eigenvalue weighted by molar-refractivity contribution is 7.89. The molecule has 0 bridgehead atoms. The minimum absolute atomic E-state index is 0.0111. The van der Waals surface area contributed by atoms with E-state index in [2.05, 4.69) is 10.0 Å². The fourth-order valence-electron chi connectivity index (χ4n) is 4.40. The number of rotatable bonds is 4. The van der Waals surface area contributed by atoms with Crippen molar-refractivity contribution in [3.63, 3.8) is 0 Å². The van der Waals surface area contributed by atoms with E-state index in [4.69, 9.17) is 16.3 Å². The molecule has 0 spiro atoms. The lowest BCUT2D eigenvalue weighted by atomic mass is 9.87. The van der Waals surface area contributed by atoms with Gasteiger partial charge >= 0.3 is 0 Å². The number of anilines is 1. The number of hydrogen-bond donors (Lipinski definition) is 2. The van der Waals surface area contributed by atoms with Gasteiger partial charge in [0.05, 0.1) is 10.7 Å². The number of carbonyl (C=O) groups is 2. The minimum Gasteiger partial charge on any atom is -0.482 e. The van der Waals surface area contributed by atoms with Crippen LogP contribution >= 0.6 is 11.6 Å². The fourth-order valence-corrected chi connectivity index (χ4v) is 6.24. The van der Waals surface area contributed by atoms with Crippen LogP contribution in [0.1, 0.15) is 44.9 Å². The Morgan fingerprint density at radius 2 is 1.83 bits per heavy atom. The van der Waals surface area contributed by atoms with Crippen LogP contribution in [0.15, 0.2) is 17.0 Å². The first-order valence-electron chi connectivity index (χ1n) is 10.4. The molecule has 3 aliphatic rings. The molecule has 0 atom stereocenters. The zero-order chi connectivity index (χ0) is 21.3. The molecule has 1 aromatic rings. The summed E-state index contributed by atoms with van der Waals surface area (Å²) in [5.41, 5.74) is 0.352.